The molecule has 0 atom stereocenters. The number of benzene rings is 1. The Labute approximate surface area is 162 Å². The van der Waals surface area contributed by atoms with E-state index in [1.807, 2.05) is 0 Å². The van der Waals surface area contributed by atoms with Gasteiger partial charge in [-0.05, 0) is 46.1 Å². The van der Waals surface area contributed by atoms with Crippen LogP contribution in [0.25, 0.3) is 0 Å². The molecule has 0 radical (unpaired) electrons. The van der Waals surface area contributed by atoms with Gasteiger partial charge in [0.2, 0.25) is 15.3 Å². The van der Waals surface area contributed by atoms with Crippen molar-refractivity contribution in [3.05, 3.63) is 44.3 Å². The number of nitrogens with two attached hydrogens (primary N) is 1. The molecule has 0 aliphatic carbocycles. The zero-order chi connectivity index (χ0) is 19.3. The highest BCUT2D eigenvalue weighted by atomic mass is 79.9. The first kappa shape index (κ1) is 20.3. The molecule has 140 valence electrons. The summed E-state index contributed by atoms with van der Waals surface area (Å²) in [5.41, 5.74) is -0.477. The van der Waals surface area contributed by atoms with Crippen molar-refractivity contribution < 1.29 is 18.1 Å². The predicted octanol–water partition coefficient (Wildman–Crippen LogP) is 2.33. The lowest BCUT2D eigenvalue weighted by molar-refractivity contribution is -0.386. The molecule has 1 aromatic carbocycles. The van der Waals surface area contributed by atoms with Crippen LogP contribution in [0.3, 0.4) is 0 Å². The minimum Gasteiger partial charge on any atom is -0.487 e. The second-order valence-electron chi connectivity index (χ2n) is 4.90. The van der Waals surface area contributed by atoms with Crippen molar-refractivity contribution in [3.8, 4) is 5.75 Å². The summed E-state index contributed by atoms with van der Waals surface area (Å²) in [5, 5.41) is 19.2. The zero-order valence-electron chi connectivity index (χ0n) is 13.1. The van der Waals surface area contributed by atoms with Crippen LogP contribution in [0.1, 0.15) is 6.42 Å². The van der Waals surface area contributed by atoms with Gasteiger partial charge in [-0.15, -0.1) is 0 Å². The number of nitrogens with zero attached hydrogens (tertiary/aromatic N) is 3. The van der Waals surface area contributed by atoms with Gasteiger partial charge in [0.05, 0.1) is 20.9 Å². The number of nitro benzene ring substituents is 1. The highest BCUT2D eigenvalue weighted by Crippen LogP contribution is 2.29. The van der Waals surface area contributed by atoms with Gasteiger partial charge in [-0.25, -0.2) is 18.5 Å². The van der Waals surface area contributed by atoms with E-state index in [2.05, 4.69) is 31.2 Å². The molecule has 0 aliphatic rings. The van der Waals surface area contributed by atoms with Gasteiger partial charge in [-0.1, -0.05) is 0 Å². The fourth-order valence-corrected chi connectivity index (χ4v) is 2.87. The number of primary sulfonamides is 1. The van der Waals surface area contributed by atoms with Crippen LogP contribution in [0.2, 0.25) is 5.28 Å². The maximum Gasteiger partial charge on any atom is 0.312 e. The van der Waals surface area contributed by atoms with E-state index in [9.17, 15) is 18.5 Å². The van der Waals surface area contributed by atoms with E-state index in [1.165, 1.54) is 12.3 Å². The van der Waals surface area contributed by atoms with Crippen molar-refractivity contribution in [1.29, 1.82) is 0 Å². The lowest BCUT2D eigenvalue weighted by Crippen LogP contribution is -2.13. The third-order valence-corrected chi connectivity index (χ3v) is 4.71. The molecule has 2 aromatic rings. The van der Waals surface area contributed by atoms with E-state index in [4.69, 9.17) is 21.5 Å². The van der Waals surface area contributed by atoms with Gasteiger partial charge in [-0.2, -0.15) is 4.98 Å². The summed E-state index contributed by atoms with van der Waals surface area (Å²) in [7, 11) is -4.04. The van der Waals surface area contributed by atoms with Gasteiger partial charge in [-0.3, -0.25) is 10.1 Å². The predicted molar refractivity (Wildman–Crippen MR) is 97.8 cm³/mol. The van der Waals surface area contributed by atoms with Crippen LogP contribution in [-0.2, 0) is 10.0 Å². The van der Waals surface area contributed by atoms with Gasteiger partial charge in [0.25, 0.3) is 0 Å². The Hall–Kier alpha value is -2.02. The SMILES string of the molecule is NS(=O)(=O)c1ccc(OCCCNc2nc(Cl)ncc2Br)c([N+](=O)[O-])c1. The molecule has 1 heterocycles. The average Bonchev–Trinajstić information content (AvgIpc) is 2.56. The molecule has 1 aromatic heterocycles. The lowest BCUT2D eigenvalue weighted by Gasteiger charge is -2.09. The number of nitro groups is 1. The van der Waals surface area contributed by atoms with Crippen LogP contribution in [0, 0.1) is 10.1 Å². The first-order valence-corrected chi connectivity index (χ1v) is 9.76. The smallest absolute Gasteiger partial charge is 0.312 e. The van der Waals surface area contributed by atoms with Crippen LogP contribution < -0.4 is 15.2 Å². The normalized spacial score (nSPS) is 11.2. The average molecular weight is 467 g/mol. The van der Waals surface area contributed by atoms with E-state index in [0.717, 1.165) is 12.1 Å². The molecule has 0 amide bonds. The molecule has 2 rings (SSSR count). The third-order valence-electron chi connectivity index (χ3n) is 3.04. The fourth-order valence-electron chi connectivity index (χ4n) is 1.87. The molecule has 0 spiro atoms. The van der Waals surface area contributed by atoms with Crippen LogP contribution in [0.5, 0.6) is 5.75 Å². The summed E-state index contributed by atoms with van der Waals surface area (Å²) in [6.07, 6.45) is 1.99. The summed E-state index contributed by atoms with van der Waals surface area (Å²) in [6, 6.07) is 3.21. The maximum atomic E-state index is 11.3. The number of halogens is 2. The molecule has 13 heteroatoms. The Balaban J connectivity index is 1.95. The van der Waals surface area contributed by atoms with Gasteiger partial charge in [0, 0.05) is 18.8 Å². The van der Waals surface area contributed by atoms with Gasteiger partial charge >= 0.3 is 5.69 Å². The summed E-state index contributed by atoms with van der Waals surface area (Å²) >= 11 is 8.98. The Kier molecular flexibility index (Phi) is 6.69. The van der Waals surface area contributed by atoms with Crippen LogP contribution >= 0.6 is 27.5 Å². The van der Waals surface area contributed by atoms with Crippen LogP contribution in [0.15, 0.2) is 33.8 Å². The number of nitrogens with one attached hydrogen (secondary N) is 1. The van der Waals surface area contributed by atoms with Crippen molar-refractivity contribution in [2.45, 2.75) is 11.3 Å². The minimum atomic E-state index is -4.04. The molecular weight excluding hydrogens is 454 g/mol. The monoisotopic (exact) mass is 465 g/mol. The van der Waals surface area contributed by atoms with E-state index >= 15 is 0 Å². The lowest BCUT2D eigenvalue weighted by atomic mass is 10.3. The molecule has 10 nitrogen and oxygen atoms in total. The van der Waals surface area contributed by atoms with Crippen molar-refractivity contribution in [2.75, 3.05) is 18.5 Å². The quantitative estimate of drug-likeness (QED) is 0.260. The van der Waals surface area contributed by atoms with Gasteiger partial charge < -0.3 is 10.1 Å². The Bertz CT molecular complexity index is 927. The van der Waals surface area contributed by atoms with Gasteiger partial charge in [0.1, 0.15) is 5.82 Å². The van der Waals surface area contributed by atoms with E-state index in [0.29, 0.717) is 23.3 Å². The fraction of sp³-hybridized carbons (Fsp3) is 0.231. The van der Waals surface area contributed by atoms with Gasteiger partial charge in [0.15, 0.2) is 5.75 Å². The number of ether oxygens (including phenoxy) is 1. The van der Waals surface area contributed by atoms with Crippen LogP contribution in [-0.4, -0.2) is 36.5 Å². The van der Waals surface area contributed by atoms with E-state index in [-0.39, 0.29) is 22.5 Å². The molecule has 0 saturated heterocycles. The van der Waals surface area contributed by atoms with E-state index in [1.54, 1.807) is 0 Å². The number of sulfonamides is 1. The largest absolute Gasteiger partial charge is 0.487 e. The Morgan fingerprint density at radius 2 is 2.15 bits per heavy atom. The molecular formula is C13H13BrClN5O5S. The van der Waals surface area contributed by atoms with E-state index < -0.39 is 20.6 Å². The second kappa shape index (κ2) is 8.58. The first-order chi connectivity index (χ1) is 12.2. The topological polar surface area (TPSA) is 150 Å². The first-order valence-electron chi connectivity index (χ1n) is 7.04. The third kappa shape index (κ3) is 5.49. The number of rotatable bonds is 8. The molecule has 0 unspecified atom stereocenters. The van der Waals surface area contributed by atoms with Crippen molar-refractivity contribution >= 4 is 49.1 Å². The summed E-state index contributed by atoms with van der Waals surface area (Å²) in [5.74, 6) is 0.460. The second-order valence-corrected chi connectivity index (χ2v) is 7.65. The van der Waals surface area contributed by atoms with Crippen molar-refractivity contribution in [1.82, 2.24) is 9.97 Å². The maximum absolute atomic E-state index is 11.3. The van der Waals surface area contributed by atoms with Crippen LogP contribution in [0.4, 0.5) is 11.5 Å². The van der Waals surface area contributed by atoms with Crippen molar-refractivity contribution in [3.63, 3.8) is 0 Å². The molecule has 0 fully saturated rings. The Morgan fingerprint density at radius 3 is 2.81 bits per heavy atom. The molecule has 3 N–H and O–H groups in total. The standard InChI is InChI=1S/C13H13BrClN5O5S/c14-9-7-18-13(15)19-12(9)17-4-1-5-25-11-3-2-8(26(16,23)24)6-10(11)20(21)22/h2-3,6-7H,1,4-5H2,(H2,16,23,24)(H,17,18,19). The highest BCUT2D eigenvalue weighted by molar-refractivity contribution is 9.10. The number of aromatic nitrogens is 2. The number of anilines is 1. The molecule has 0 saturated carbocycles. The highest BCUT2D eigenvalue weighted by Gasteiger charge is 2.20. The summed E-state index contributed by atoms with van der Waals surface area (Å²) in [6.45, 7) is 0.605. The number of hydrogen-bond donors (Lipinski definition) is 2. The minimum absolute atomic E-state index is 0.0475. The molecule has 0 bridgehead atoms. The van der Waals surface area contributed by atoms with Crippen molar-refractivity contribution in [2.24, 2.45) is 5.14 Å². The Morgan fingerprint density at radius 1 is 1.42 bits per heavy atom. The molecule has 0 aliphatic heterocycles. The summed E-state index contributed by atoms with van der Waals surface area (Å²) < 4.78 is 28.6. The number of hydrogen-bond acceptors (Lipinski definition) is 8. The molecule has 26 heavy (non-hydrogen) atoms. The zero-order valence-corrected chi connectivity index (χ0v) is 16.2. The summed E-state index contributed by atoms with van der Waals surface area (Å²) in [4.78, 5) is 17.8.